The van der Waals surface area contributed by atoms with Crippen molar-refractivity contribution in [2.75, 3.05) is 13.2 Å². The van der Waals surface area contributed by atoms with Crippen molar-refractivity contribution in [2.45, 2.75) is 13.8 Å². The number of halogens is 1. The molecule has 0 N–H and O–H groups in total. The molecule has 0 aliphatic heterocycles. The van der Waals surface area contributed by atoms with Gasteiger partial charge in [0.25, 0.3) is 0 Å². The van der Waals surface area contributed by atoms with Crippen molar-refractivity contribution in [1.29, 1.82) is 0 Å². The summed E-state index contributed by atoms with van der Waals surface area (Å²) in [7, 11) is 0. The van der Waals surface area contributed by atoms with E-state index in [4.69, 9.17) is 4.74 Å². The van der Waals surface area contributed by atoms with Crippen molar-refractivity contribution >= 4 is 0 Å². The minimum absolute atomic E-state index is 0.410. The quantitative estimate of drug-likeness (QED) is 0.550. The summed E-state index contributed by atoms with van der Waals surface area (Å²) in [6, 6.07) is 0. The monoisotopic (exact) mass is 118 g/mol. The molecule has 0 saturated heterocycles. The molecule has 0 rings (SSSR count). The molecular formula is C6H11FO. The maximum Gasteiger partial charge on any atom is 0.0879 e. The van der Waals surface area contributed by atoms with Crippen LogP contribution < -0.4 is 0 Å². The standard InChI is InChI=1S/C6H11FO/c1-3-8-5-6(2)4-7/h4H,3,5H2,1-2H3/b6-4+. The van der Waals surface area contributed by atoms with Crippen LogP contribution in [0, 0.1) is 0 Å². The zero-order valence-corrected chi connectivity index (χ0v) is 5.28. The summed E-state index contributed by atoms with van der Waals surface area (Å²) in [5.74, 6) is 0. The van der Waals surface area contributed by atoms with E-state index >= 15 is 0 Å². The van der Waals surface area contributed by atoms with Crippen LogP contribution in [0.4, 0.5) is 4.39 Å². The Bertz CT molecular complexity index is 78.6. The average Bonchev–Trinajstić information content (AvgIpc) is 1.83. The van der Waals surface area contributed by atoms with E-state index in [9.17, 15) is 4.39 Å². The summed E-state index contributed by atoms with van der Waals surface area (Å²) in [6.07, 6.45) is 0.565. The zero-order valence-electron chi connectivity index (χ0n) is 5.28. The van der Waals surface area contributed by atoms with E-state index in [1.807, 2.05) is 6.92 Å². The van der Waals surface area contributed by atoms with E-state index in [1.54, 1.807) is 6.92 Å². The third-order valence-electron chi connectivity index (χ3n) is 0.720. The Morgan fingerprint density at radius 1 is 1.75 bits per heavy atom. The summed E-state index contributed by atoms with van der Waals surface area (Å²) < 4.78 is 16.3. The van der Waals surface area contributed by atoms with Gasteiger partial charge in [0, 0.05) is 6.61 Å². The van der Waals surface area contributed by atoms with E-state index in [2.05, 4.69) is 0 Å². The van der Waals surface area contributed by atoms with Crippen molar-refractivity contribution in [3.05, 3.63) is 11.9 Å². The molecule has 0 saturated carbocycles. The lowest BCUT2D eigenvalue weighted by Crippen LogP contribution is -1.93. The molecule has 0 atom stereocenters. The lowest BCUT2D eigenvalue weighted by atomic mass is 10.4. The maximum atomic E-state index is 11.5. The van der Waals surface area contributed by atoms with E-state index in [0.717, 1.165) is 0 Å². The molecule has 8 heavy (non-hydrogen) atoms. The third kappa shape index (κ3) is 3.81. The molecule has 0 spiro atoms. The van der Waals surface area contributed by atoms with Crippen LogP contribution in [0.25, 0.3) is 0 Å². The minimum Gasteiger partial charge on any atom is -0.377 e. The second-order valence-corrected chi connectivity index (χ2v) is 1.59. The van der Waals surface area contributed by atoms with Gasteiger partial charge in [-0.3, -0.25) is 0 Å². The van der Waals surface area contributed by atoms with E-state index in [-0.39, 0.29) is 0 Å². The minimum atomic E-state index is 0.410. The van der Waals surface area contributed by atoms with Crippen LogP contribution in [-0.4, -0.2) is 13.2 Å². The van der Waals surface area contributed by atoms with Crippen molar-refractivity contribution < 1.29 is 9.13 Å². The largest absolute Gasteiger partial charge is 0.377 e. The van der Waals surface area contributed by atoms with Gasteiger partial charge in [0.05, 0.1) is 12.9 Å². The Morgan fingerprint density at radius 3 is 2.75 bits per heavy atom. The Morgan fingerprint density at radius 2 is 2.38 bits per heavy atom. The molecule has 0 heterocycles. The van der Waals surface area contributed by atoms with Gasteiger partial charge in [0.1, 0.15) is 0 Å². The molecule has 2 heteroatoms. The van der Waals surface area contributed by atoms with Crippen LogP contribution in [0.1, 0.15) is 13.8 Å². The van der Waals surface area contributed by atoms with Crippen LogP contribution in [0.5, 0.6) is 0 Å². The highest BCUT2D eigenvalue weighted by Crippen LogP contribution is 1.92. The third-order valence-corrected chi connectivity index (χ3v) is 0.720. The summed E-state index contributed by atoms with van der Waals surface area (Å²) in [6.45, 7) is 4.62. The van der Waals surface area contributed by atoms with Gasteiger partial charge in [-0.1, -0.05) is 0 Å². The van der Waals surface area contributed by atoms with Gasteiger partial charge in [0.2, 0.25) is 0 Å². The fraction of sp³-hybridized carbons (Fsp3) is 0.667. The van der Waals surface area contributed by atoms with Crippen molar-refractivity contribution in [2.24, 2.45) is 0 Å². The topological polar surface area (TPSA) is 9.23 Å². The van der Waals surface area contributed by atoms with Crippen molar-refractivity contribution in [3.8, 4) is 0 Å². The molecule has 0 aliphatic rings. The second-order valence-electron chi connectivity index (χ2n) is 1.59. The smallest absolute Gasteiger partial charge is 0.0879 e. The van der Waals surface area contributed by atoms with Crippen LogP contribution in [0.3, 0.4) is 0 Å². The first-order chi connectivity index (χ1) is 3.81. The van der Waals surface area contributed by atoms with E-state index in [0.29, 0.717) is 25.1 Å². The van der Waals surface area contributed by atoms with Gasteiger partial charge in [-0.05, 0) is 19.4 Å². The summed E-state index contributed by atoms with van der Waals surface area (Å²) in [5.41, 5.74) is 0.631. The highest BCUT2D eigenvalue weighted by Gasteiger charge is 1.84. The molecule has 48 valence electrons. The molecule has 1 nitrogen and oxygen atoms in total. The van der Waals surface area contributed by atoms with Gasteiger partial charge >= 0.3 is 0 Å². The molecule has 0 aromatic carbocycles. The van der Waals surface area contributed by atoms with Gasteiger partial charge in [-0.2, -0.15) is 0 Å². The van der Waals surface area contributed by atoms with Crippen LogP contribution in [0.15, 0.2) is 11.9 Å². The molecule has 0 aromatic heterocycles. The Kier molecular flexibility index (Phi) is 4.56. The summed E-state index contributed by atoms with van der Waals surface area (Å²) in [5, 5.41) is 0. The van der Waals surface area contributed by atoms with Crippen molar-refractivity contribution in [3.63, 3.8) is 0 Å². The predicted octanol–water partition coefficient (Wildman–Crippen LogP) is 1.90. The molecule has 0 aliphatic carbocycles. The van der Waals surface area contributed by atoms with Gasteiger partial charge in [0.15, 0.2) is 0 Å². The van der Waals surface area contributed by atoms with Crippen molar-refractivity contribution in [1.82, 2.24) is 0 Å². The van der Waals surface area contributed by atoms with Crippen LogP contribution in [0.2, 0.25) is 0 Å². The number of rotatable bonds is 3. The first kappa shape index (κ1) is 7.63. The number of ether oxygens (including phenoxy) is 1. The first-order valence-corrected chi connectivity index (χ1v) is 2.64. The highest BCUT2D eigenvalue weighted by molar-refractivity contribution is 4.91. The molecule has 0 aromatic rings. The lowest BCUT2D eigenvalue weighted by molar-refractivity contribution is 0.170. The summed E-state index contributed by atoms with van der Waals surface area (Å²) in [4.78, 5) is 0. The SMILES string of the molecule is CCOC/C(C)=C/F. The van der Waals surface area contributed by atoms with E-state index < -0.39 is 0 Å². The fourth-order valence-corrected chi connectivity index (χ4v) is 0.295. The number of hydrogen-bond acceptors (Lipinski definition) is 1. The van der Waals surface area contributed by atoms with Gasteiger partial charge in [-0.15, -0.1) is 0 Å². The highest BCUT2D eigenvalue weighted by atomic mass is 19.1. The average molecular weight is 118 g/mol. The Balaban J connectivity index is 3.12. The normalized spacial score (nSPS) is 12.1. The fourth-order valence-electron chi connectivity index (χ4n) is 0.295. The molecule has 0 fully saturated rings. The molecule has 0 amide bonds. The second kappa shape index (κ2) is 4.78. The Hall–Kier alpha value is -0.370. The van der Waals surface area contributed by atoms with E-state index in [1.165, 1.54) is 0 Å². The summed E-state index contributed by atoms with van der Waals surface area (Å²) >= 11 is 0. The lowest BCUT2D eigenvalue weighted by Gasteiger charge is -1.96. The Labute approximate surface area is 49.2 Å². The van der Waals surface area contributed by atoms with Gasteiger partial charge < -0.3 is 4.74 Å². The van der Waals surface area contributed by atoms with Gasteiger partial charge in [-0.25, -0.2) is 4.39 Å². The molecule has 0 radical (unpaired) electrons. The van der Waals surface area contributed by atoms with Crippen LogP contribution in [-0.2, 0) is 4.74 Å². The molecule has 0 unspecified atom stereocenters. The zero-order chi connectivity index (χ0) is 6.41. The molecular weight excluding hydrogens is 107 g/mol. The maximum absolute atomic E-state index is 11.5. The first-order valence-electron chi connectivity index (χ1n) is 2.64. The predicted molar refractivity (Wildman–Crippen MR) is 31.4 cm³/mol. The van der Waals surface area contributed by atoms with Crippen LogP contribution >= 0.6 is 0 Å². The molecule has 0 bridgehead atoms. The number of hydrogen-bond donors (Lipinski definition) is 0.